The van der Waals surface area contributed by atoms with Gasteiger partial charge in [-0.25, -0.2) is 20.1 Å². The van der Waals surface area contributed by atoms with Gasteiger partial charge in [0.1, 0.15) is 5.82 Å². The number of hydrogen-bond donors (Lipinski definition) is 0. The number of hydrogen-bond acceptors (Lipinski definition) is 2. The van der Waals surface area contributed by atoms with E-state index < -0.39 is 23.5 Å². The van der Waals surface area contributed by atoms with Gasteiger partial charge in [-0.15, -0.1) is 0 Å². The van der Waals surface area contributed by atoms with Crippen molar-refractivity contribution in [3.05, 3.63) is 45.0 Å². The van der Waals surface area contributed by atoms with E-state index in [4.69, 9.17) is 6.57 Å². The van der Waals surface area contributed by atoms with Crippen LogP contribution in [-0.4, -0.2) is 19.3 Å². The van der Waals surface area contributed by atoms with E-state index in [0.717, 1.165) is 7.11 Å². The van der Waals surface area contributed by atoms with E-state index in [2.05, 4.69) is 25.5 Å². The lowest BCUT2D eigenvalue weighted by Crippen LogP contribution is -2.16. The van der Waals surface area contributed by atoms with Crippen LogP contribution in [0.2, 0.25) is 0 Å². The quantitative estimate of drug-likeness (QED) is 0.619. The van der Waals surface area contributed by atoms with E-state index in [1.54, 1.807) is 0 Å². The van der Waals surface area contributed by atoms with Crippen molar-refractivity contribution in [2.24, 2.45) is 0 Å². The summed E-state index contributed by atoms with van der Waals surface area (Å²) in [6.45, 7) is 7.05. The molecule has 0 amide bonds. The third-order valence-corrected chi connectivity index (χ3v) is 3.59. The van der Waals surface area contributed by atoms with Crippen LogP contribution in [0.1, 0.15) is 22.3 Å². The number of esters is 1. The first kappa shape index (κ1) is 13.0. The SMILES string of the molecule is [C-]#[N+][C@@]1(c2c(C(=O)OC)ccc(Br)c2F)C[C@H]1F. The number of carbonyl (C=O) groups is 1. The molecule has 0 radical (unpaired) electrons. The fraction of sp³-hybridized carbons (Fsp3) is 0.333. The Morgan fingerprint density at radius 1 is 1.67 bits per heavy atom. The van der Waals surface area contributed by atoms with Gasteiger partial charge in [0, 0.05) is 0 Å². The van der Waals surface area contributed by atoms with Gasteiger partial charge in [-0.3, -0.25) is 0 Å². The van der Waals surface area contributed by atoms with Crippen LogP contribution in [0, 0.1) is 12.4 Å². The fourth-order valence-corrected chi connectivity index (χ4v) is 2.23. The number of alkyl halides is 1. The third kappa shape index (κ3) is 1.70. The van der Waals surface area contributed by atoms with Crippen molar-refractivity contribution >= 4 is 21.9 Å². The van der Waals surface area contributed by atoms with Crippen LogP contribution < -0.4 is 0 Å². The molecule has 18 heavy (non-hydrogen) atoms. The van der Waals surface area contributed by atoms with Crippen molar-refractivity contribution in [3.8, 4) is 0 Å². The Balaban J connectivity index is 2.68. The number of carbonyl (C=O) groups excluding carboxylic acids is 1. The zero-order chi connectivity index (χ0) is 13.5. The summed E-state index contributed by atoms with van der Waals surface area (Å²) in [6.07, 6.45) is -1.56. The molecule has 1 saturated carbocycles. The lowest BCUT2D eigenvalue weighted by molar-refractivity contribution is 0.0598. The summed E-state index contributed by atoms with van der Waals surface area (Å²) >= 11 is 2.97. The average molecular weight is 316 g/mol. The molecule has 0 aliphatic heterocycles. The largest absolute Gasteiger partial charge is 0.465 e. The van der Waals surface area contributed by atoms with Crippen LogP contribution >= 0.6 is 15.9 Å². The molecule has 6 heteroatoms. The molecule has 0 spiro atoms. The minimum Gasteiger partial charge on any atom is -0.465 e. The highest BCUT2D eigenvalue weighted by atomic mass is 79.9. The van der Waals surface area contributed by atoms with E-state index in [9.17, 15) is 13.6 Å². The van der Waals surface area contributed by atoms with Gasteiger partial charge in [-0.1, -0.05) is 0 Å². The molecular formula is C12H8BrF2NO2. The monoisotopic (exact) mass is 315 g/mol. The second-order valence-electron chi connectivity index (χ2n) is 3.98. The number of rotatable bonds is 2. The first-order chi connectivity index (χ1) is 8.47. The molecular weight excluding hydrogens is 308 g/mol. The van der Waals surface area contributed by atoms with E-state index >= 15 is 0 Å². The maximum Gasteiger partial charge on any atom is 0.338 e. The third-order valence-electron chi connectivity index (χ3n) is 2.98. The van der Waals surface area contributed by atoms with Crippen LogP contribution in [0.25, 0.3) is 4.85 Å². The molecule has 0 bridgehead atoms. The lowest BCUT2D eigenvalue weighted by atomic mass is 9.98. The summed E-state index contributed by atoms with van der Waals surface area (Å²) < 4.78 is 32.1. The number of nitrogens with zero attached hydrogens (tertiary/aromatic N) is 1. The van der Waals surface area contributed by atoms with Crippen molar-refractivity contribution in [1.82, 2.24) is 0 Å². The van der Waals surface area contributed by atoms with Gasteiger partial charge in [0.05, 0.1) is 29.1 Å². The number of methoxy groups -OCH3 is 1. The van der Waals surface area contributed by atoms with Crippen molar-refractivity contribution in [2.45, 2.75) is 18.1 Å². The molecule has 2 rings (SSSR count). The van der Waals surface area contributed by atoms with Crippen LogP contribution in [0.5, 0.6) is 0 Å². The second kappa shape index (κ2) is 4.32. The topological polar surface area (TPSA) is 30.7 Å². The maximum atomic E-state index is 14.1. The van der Waals surface area contributed by atoms with Gasteiger partial charge >= 0.3 is 5.97 Å². The summed E-state index contributed by atoms with van der Waals surface area (Å²) in [5.74, 6) is -1.56. The Morgan fingerprint density at radius 3 is 2.72 bits per heavy atom. The molecule has 3 nitrogen and oxygen atoms in total. The Hall–Kier alpha value is -1.48. The van der Waals surface area contributed by atoms with Gasteiger partial charge in [0.2, 0.25) is 0 Å². The summed E-state index contributed by atoms with van der Waals surface area (Å²) in [5.41, 5.74) is -1.90. The molecule has 0 unspecified atom stereocenters. The van der Waals surface area contributed by atoms with Gasteiger partial charge in [0.25, 0.3) is 5.54 Å². The molecule has 1 aliphatic carbocycles. The zero-order valence-electron chi connectivity index (χ0n) is 9.34. The Bertz CT molecular complexity index is 570. The van der Waals surface area contributed by atoms with Crippen molar-refractivity contribution in [1.29, 1.82) is 0 Å². The molecule has 2 atom stereocenters. The molecule has 1 aromatic carbocycles. The first-order valence-electron chi connectivity index (χ1n) is 5.07. The molecule has 1 aromatic rings. The molecule has 0 aromatic heterocycles. The standard InChI is InChI=1S/C12H8BrF2NO2/c1-16-12(5-8(12)14)9-6(11(17)18-2)3-4-7(13)10(9)15/h3-4,8H,5H2,2H3/t8-,12+/m1/s1. The van der Waals surface area contributed by atoms with Gasteiger partial charge in [-0.2, -0.15) is 0 Å². The smallest absolute Gasteiger partial charge is 0.338 e. The fourth-order valence-electron chi connectivity index (χ4n) is 1.90. The van der Waals surface area contributed by atoms with Crippen molar-refractivity contribution < 1.29 is 18.3 Å². The van der Waals surface area contributed by atoms with Crippen LogP contribution in [-0.2, 0) is 10.3 Å². The van der Waals surface area contributed by atoms with E-state index in [-0.39, 0.29) is 22.0 Å². The van der Waals surface area contributed by atoms with Gasteiger partial charge < -0.3 is 9.58 Å². The molecule has 0 N–H and O–H groups in total. The van der Waals surface area contributed by atoms with Gasteiger partial charge in [-0.05, 0) is 28.1 Å². The minimum atomic E-state index is -1.59. The Kier molecular flexibility index (Phi) is 3.11. The van der Waals surface area contributed by atoms with Gasteiger partial charge in [0.15, 0.2) is 6.17 Å². The number of halogens is 3. The normalized spacial score (nSPS) is 25.4. The van der Waals surface area contributed by atoms with Crippen LogP contribution in [0.4, 0.5) is 8.78 Å². The molecule has 94 valence electrons. The Morgan fingerprint density at radius 2 is 2.28 bits per heavy atom. The average Bonchev–Trinajstić information content (AvgIpc) is 3.03. The summed E-state index contributed by atoms with van der Waals surface area (Å²) in [6, 6.07) is 2.66. The summed E-state index contributed by atoms with van der Waals surface area (Å²) in [7, 11) is 1.15. The highest BCUT2D eigenvalue weighted by Crippen LogP contribution is 2.54. The lowest BCUT2D eigenvalue weighted by Gasteiger charge is -2.11. The van der Waals surface area contributed by atoms with E-state index in [0.29, 0.717) is 0 Å². The highest BCUT2D eigenvalue weighted by Gasteiger charge is 2.68. The molecule has 0 heterocycles. The number of ether oxygens (including phenoxy) is 1. The van der Waals surface area contributed by atoms with Crippen LogP contribution in [0.3, 0.4) is 0 Å². The number of benzene rings is 1. The van der Waals surface area contributed by atoms with Crippen molar-refractivity contribution in [2.75, 3.05) is 7.11 Å². The summed E-state index contributed by atoms with van der Waals surface area (Å²) in [5, 5.41) is 0. The second-order valence-corrected chi connectivity index (χ2v) is 4.84. The van der Waals surface area contributed by atoms with Crippen LogP contribution in [0.15, 0.2) is 16.6 Å². The predicted molar refractivity (Wildman–Crippen MR) is 63.2 cm³/mol. The van der Waals surface area contributed by atoms with Crippen molar-refractivity contribution in [3.63, 3.8) is 0 Å². The minimum absolute atomic E-state index is 0.0901. The van der Waals surface area contributed by atoms with E-state index in [1.165, 1.54) is 12.1 Å². The molecule has 0 saturated heterocycles. The zero-order valence-corrected chi connectivity index (χ0v) is 10.9. The predicted octanol–water partition coefficient (Wildman–Crippen LogP) is 3.23. The maximum absolute atomic E-state index is 14.1. The Labute approximate surface area is 111 Å². The molecule has 1 aliphatic rings. The summed E-state index contributed by atoms with van der Waals surface area (Å²) in [4.78, 5) is 14.7. The highest BCUT2D eigenvalue weighted by molar-refractivity contribution is 9.10. The first-order valence-corrected chi connectivity index (χ1v) is 5.86. The molecule has 1 fully saturated rings. The van der Waals surface area contributed by atoms with E-state index in [1.807, 2.05) is 0 Å².